The van der Waals surface area contributed by atoms with Gasteiger partial charge in [0, 0.05) is 16.9 Å². The molecule has 4 aliphatic rings. The highest BCUT2D eigenvalue weighted by Gasteiger charge is 2.63. The summed E-state index contributed by atoms with van der Waals surface area (Å²) in [6.07, 6.45) is 1.20. The Morgan fingerprint density at radius 1 is 1.42 bits per heavy atom. The fraction of sp³-hybridized carbons (Fsp3) is 0.700. The first kappa shape index (κ1) is 17.7. The third-order valence-electron chi connectivity index (χ3n) is 7.06. The molecule has 0 amide bonds. The van der Waals surface area contributed by atoms with E-state index in [-0.39, 0.29) is 12.0 Å². The Morgan fingerprint density at radius 2 is 2.08 bits per heavy atom. The second kappa shape index (κ2) is 5.42. The van der Waals surface area contributed by atoms with Crippen molar-refractivity contribution in [3.8, 4) is 0 Å². The minimum Gasteiger partial charge on any atom is -0.459 e. The topological polar surface area (TPSA) is 85.4 Å². The van der Waals surface area contributed by atoms with Crippen LogP contribution in [0.4, 0.5) is 0 Å². The van der Waals surface area contributed by atoms with E-state index in [0.717, 1.165) is 5.57 Å². The van der Waals surface area contributed by atoms with Crippen LogP contribution in [-0.4, -0.2) is 47.1 Å². The van der Waals surface area contributed by atoms with Crippen LogP contribution in [0.25, 0.3) is 0 Å². The number of aliphatic hydroxyl groups is 1. The number of carbonyl (C=O) groups excluding carboxylic acids is 2. The Kier molecular flexibility index (Phi) is 3.70. The van der Waals surface area contributed by atoms with Gasteiger partial charge in [-0.15, -0.1) is 0 Å². The van der Waals surface area contributed by atoms with Gasteiger partial charge >= 0.3 is 11.9 Å². The number of epoxide rings is 1. The van der Waals surface area contributed by atoms with Gasteiger partial charge in [0.05, 0.1) is 18.1 Å². The van der Waals surface area contributed by atoms with Gasteiger partial charge in [-0.1, -0.05) is 25.2 Å². The van der Waals surface area contributed by atoms with Crippen LogP contribution in [0.1, 0.15) is 40.5 Å². The van der Waals surface area contributed by atoms with Gasteiger partial charge in [-0.25, -0.2) is 9.59 Å². The zero-order chi connectivity index (χ0) is 19.0. The molecular formula is C20H26O6. The number of aliphatic hydroxyl groups excluding tert-OH is 1. The van der Waals surface area contributed by atoms with Crippen LogP contribution in [0.3, 0.4) is 0 Å². The lowest BCUT2D eigenvalue weighted by atomic mass is 9.54. The molecule has 2 aliphatic carbocycles. The van der Waals surface area contributed by atoms with Crippen molar-refractivity contribution in [1.82, 2.24) is 0 Å². The first-order chi connectivity index (χ1) is 12.1. The lowest BCUT2D eigenvalue weighted by molar-refractivity contribution is -0.179. The molecule has 142 valence electrons. The summed E-state index contributed by atoms with van der Waals surface area (Å²) < 4.78 is 16.9. The molecule has 0 aromatic carbocycles. The third kappa shape index (κ3) is 2.24. The molecule has 0 bridgehead atoms. The second-order valence-electron chi connectivity index (χ2n) is 8.62. The number of carbonyl (C=O) groups is 2. The minimum absolute atomic E-state index is 0.110. The summed E-state index contributed by atoms with van der Waals surface area (Å²) in [5.41, 5.74) is -0.0185. The number of hydrogen-bond acceptors (Lipinski definition) is 6. The molecular weight excluding hydrogens is 336 g/mol. The average Bonchev–Trinajstić information content (AvgIpc) is 3.07. The number of esters is 2. The van der Waals surface area contributed by atoms with Crippen LogP contribution in [-0.2, 0) is 23.8 Å². The molecule has 2 aliphatic heterocycles. The summed E-state index contributed by atoms with van der Waals surface area (Å²) >= 11 is 0. The number of rotatable bonds is 2. The molecule has 6 heteroatoms. The normalized spacial score (nSPS) is 49.7. The van der Waals surface area contributed by atoms with Crippen LogP contribution < -0.4 is 0 Å². The summed E-state index contributed by atoms with van der Waals surface area (Å²) in [5, 5.41) is 10.7. The number of hydrogen-bond donors (Lipinski definition) is 1. The lowest BCUT2D eigenvalue weighted by Gasteiger charge is -2.53. The fourth-order valence-electron chi connectivity index (χ4n) is 5.11. The van der Waals surface area contributed by atoms with E-state index in [1.165, 1.54) is 0 Å². The van der Waals surface area contributed by atoms with Crippen molar-refractivity contribution in [3.63, 3.8) is 0 Å². The quantitative estimate of drug-likeness (QED) is 0.350. The van der Waals surface area contributed by atoms with Gasteiger partial charge in [0.25, 0.3) is 0 Å². The zero-order valence-corrected chi connectivity index (χ0v) is 15.7. The summed E-state index contributed by atoms with van der Waals surface area (Å²) in [6, 6.07) is 0. The molecule has 0 radical (unpaired) electrons. The summed E-state index contributed by atoms with van der Waals surface area (Å²) in [6.45, 7) is 11.4. The van der Waals surface area contributed by atoms with E-state index in [4.69, 9.17) is 14.2 Å². The van der Waals surface area contributed by atoms with Crippen LogP contribution >= 0.6 is 0 Å². The molecule has 0 spiro atoms. The van der Waals surface area contributed by atoms with Crippen molar-refractivity contribution < 1.29 is 28.9 Å². The van der Waals surface area contributed by atoms with Crippen LogP contribution in [0.5, 0.6) is 0 Å². The molecule has 3 fully saturated rings. The zero-order valence-electron chi connectivity index (χ0n) is 15.7. The highest BCUT2D eigenvalue weighted by atomic mass is 16.7. The van der Waals surface area contributed by atoms with Gasteiger partial charge in [0.2, 0.25) is 0 Å². The van der Waals surface area contributed by atoms with E-state index in [1.807, 2.05) is 26.8 Å². The van der Waals surface area contributed by atoms with Gasteiger partial charge in [-0.2, -0.15) is 0 Å². The standard InChI is InChI=1S/C20H26O6/c1-9-6-7-13(21)19(4)8-12(24-18(23)20(5)11(3)26-20)14-10(2)17(22)25-16(14)15(9)19/h6,11-16,21H,2,7-8H2,1,3-5H3/t11?,12-,13-,14-,15-,16+,19+,20?/m1/s1. The van der Waals surface area contributed by atoms with Gasteiger partial charge < -0.3 is 19.3 Å². The Balaban J connectivity index is 1.69. The maximum atomic E-state index is 12.6. The predicted octanol–water partition coefficient (Wildman–Crippen LogP) is 1.91. The summed E-state index contributed by atoms with van der Waals surface area (Å²) in [4.78, 5) is 24.8. The minimum atomic E-state index is -0.931. The molecule has 2 heterocycles. The van der Waals surface area contributed by atoms with Crippen LogP contribution in [0.2, 0.25) is 0 Å². The second-order valence-corrected chi connectivity index (χ2v) is 8.62. The SMILES string of the molecule is C=C1C(=O)O[C@H]2[C@H]1[C@H](OC(=O)C1(C)OC1C)C[C@@]1(C)[C@H](O)CC=C(C)[C@H]21. The molecule has 8 atom stereocenters. The highest BCUT2D eigenvalue weighted by Crippen LogP contribution is 2.57. The molecule has 0 aromatic rings. The van der Waals surface area contributed by atoms with E-state index in [9.17, 15) is 14.7 Å². The molecule has 6 nitrogen and oxygen atoms in total. The Labute approximate surface area is 153 Å². The summed E-state index contributed by atoms with van der Waals surface area (Å²) in [5.74, 6) is -1.38. The van der Waals surface area contributed by atoms with E-state index in [0.29, 0.717) is 18.4 Å². The first-order valence-electron chi connectivity index (χ1n) is 9.23. The Morgan fingerprint density at radius 3 is 2.69 bits per heavy atom. The van der Waals surface area contributed by atoms with Gasteiger partial charge in [0.1, 0.15) is 12.2 Å². The molecule has 2 saturated heterocycles. The molecule has 1 saturated carbocycles. The highest BCUT2D eigenvalue weighted by molar-refractivity contribution is 5.91. The average molecular weight is 362 g/mol. The van der Waals surface area contributed by atoms with E-state index < -0.39 is 47.2 Å². The van der Waals surface area contributed by atoms with Gasteiger partial charge in [0.15, 0.2) is 5.60 Å². The van der Waals surface area contributed by atoms with Gasteiger partial charge in [-0.3, -0.25) is 0 Å². The molecule has 4 rings (SSSR count). The van der Waals surface area contributed by atoms with E-state index in [2.05, 4.69) is 6.58 Å². The maximum Gasteiger partial charge on any atom is 0.341 e. The Hall–Kier alpha value is -1.66. The van der Waals surface area contributed by atoms with Gasteiger partial charge in [-0.05, 0) is 33.6 Å². The predicted molar refractivity (Wildman–Crippen MR) is 91.9 cm³/mol. The number of ether oxygens (including phenoxy) is 3. The first-order valence-corrected chi connectivity index (χ1v) is 9.23. The lowest BCUT2D eigenvalue weighted by Crippen LogP contribution is -2.57. The van der Waals surface area contributed by atoms with Crippen molar-refractivity contribution in [1.29, 1.82) is 0 Å². The maximum absolute atomic E-state index is 12.6. The molecule has 2 unspecified atom stereocenters. The van der Waals surface area contributed by atoms with Crippen molar-refractivity contribution in [2.45, 2.75) is 70.6 Å². The Bertz CT molecular complexity index is 726. The number of fused-ring (bicyclic) bond motifs is 3. The smallest absolute Gasteiger partial charge is 0.341 e. The largest absolute Gasteiger partial charge is 0.459 e. The summed E-state index contributed by atoms with van der Waals surface area (Å²) in [7, 11) is 0. The van der Waals surface area contributed by atoms with Crippen molar-refractivity contribution >= 4 is 11.9 Å². The van der Waals surface area contributed by atoms with E-state index >= 15 is 0 Å². The van der Waals surface area contributed by atoms with Crippen molar-refractivity contribution in [2.24, 2.45) is 17.3 Å². The monoisotopic (exact) mass is 362 g/mol. The fourth-order valence-corrected chi connectivity index (χ4v) is 5.11. The van der Waals surface area contributed by atoms with Crippen LogP contribution in [0.15, 0.2) is 23.8 Å². The molecule has 0 aromatic heterocycles. The van der Waals surface area contributed by atoms with Crippen LogP contribution in [0, 0.1) is 17.3 Å². The van der Waals surface area contributed by atoms with E-state index in [1.54, 1.807) is 6.92 Å². The molecule has 1 N–H and O–H groups in total. The third-order valence-corrected chi connectivity index (χ3v) is 7.06. The van der Waals surface area contributed by atoms with Crippen molar-refractivity contribution in [2.75, 3.05) is 0 Å². The van der Waals surface area contributed by atoms with Crippen molar-refractivity contribution in [3.05, 3.63) is 23.8 Å². The molecule has 26 heavy (non-hydrogen) atoms.